The summed E-state index contributed by atoms with van der Waals surface area (Å²) in [6.45, 7) is 1.04. The Morgan fingerprint density at radius 2 is 2.05 bits per heavy atom. The molecule has 0 fully saturated rings. The van der Waals surface area contributed by atoms with Crippen molar-refractivity contribution in [3.05, 3.63) is 57.5 Å². The molecule has 3 rings (SSSR count). The number of carbonyl (C=O) groups is 1. The summed E-state index contributed by atoms with van der Waals surface area (Å²) in [4.78, 5) is 14.4. The quantitative estimate of drug-likeness (QED) is 0.772. The van der Waals surface area contributed by atoms with Crippen LogP contribution in [-0.4, -0.2) is 19.1 Å². The lowest BCUT2D eigenvalue weighted by Gasteiger charge is -2.29. The average molecular weight is 353 g/mol. The Morgan fingerprint density at radius 3 is 2.85 bits per heavy atom. The molecule has 0 atom stereocenters. The van der Waals surface area contributed by atoms with Gasteiger partial charge in [0.1, 0.15) is 12.4 Å². The molecule has 1 amide bonds. The van der Waals surface area contributed by atoms with E-state index in [1.807, 2.05) is 24.3 Å². The first-order valence-corrected chi connectivity index (χ1v) is 7.32. The molecule has 2 aromatic rings. The van der Waals surface area contributed by atoms with Gasteiger partial charge in [-0.2, -0.15) is 0 Å². The molecule has 0 N–H and O–H groups in total. The van der Waals surface area contributed by atoms with Gasteiger partial charge in [-0.3, -0.25) is 4.79 Å². The van der Waals surface area contributed by atoms with Gasteiger partial charge in [0.05, 0.1) is 17.3 Å². The zero-order valence-corrected chi connectivity index (χ0v) is 12.8. The topological polar surface area (TPSA) is 29.5 Å². The van der Waals surface area contributed by atoms with Gasteiger partial charge in [-0.05, 0) is 46.3 Å². The molecule has 2 aromatic carbocycles. The molecular weight excluding hydrogens is 342 g/mol. The smallest absolute Gasteiger partial charge is 0.258 e. The normalized spacial score (nSPS) is 13.6. The molecule has 1 aliphatic heterocycles. The fraction of sp³-hybridized carbons (Fsp3) is 0.133. The third-order valence-electron chi connectivity index (χ3n) is 3.14. The second-order valence-corrected chi connectivity index (χ2v) is 5.66. The molecule has 1 aliphatic rings. The van der Waals surface area contributed by atoms with E-state index in [-0.39, 0.29) is 5.91 Å². The molecule has 0 aliphatic carbocycles. The number of carbonyl (C=O) groups excluding carboxylic acids is 1. The summed E-state index contributed by atoms with van der Waals surface area (Å²) in [6, 6.07) is 12.7. The van der Waals surface area contributed by atoms with E-state index in [0.29, 0.717) is 28.2 Å². The van der Waals surface area contributed by atoms with E-state index in [2.05, 4.69) is 15.9 Å². The van der Waals surface area contributed by atoms with E-state index in [9.17, 15) is 4.79 Å². The number of fused-ring (bicyclic) bond motifs is 1. The van der Waals surface area contributed by atoms with Gasteiger partial charge in [0, 0.05) is 10.0 Å². The van der Waals surface area contributed by atoms with Gasteiger partial charge in [0.2, 0.25) is 0 Å². The van der Waals surface area contributed by atoms with Crippen LogP contribution >= 0.6 is 27.5 Å². The monoisotopic (exact) mass is 351 g/mol. The van der Waals surface area contributed by atoms with Gasteiger partial charge < -0.3 is 9.64 Å². The van der Waals surface area contributed by atoms with Crippen molar-refractivity contribution >= 4 is 39.1 Å². The Bertz CT molecular complexity index is 675. The van der Waals surface area contributed by atoms with Gasteiger partial charge in [-0.1, -0.05) is 23.7 Å². The van der Waals surface area contributed by atoms with Crippen LogP contribution in [0.15, 0.2) is 46.9 Å². The molecule has 0 spiro atoms. The summed E-state index contributed by atoms with van der Waals surface area (Å²) >= 11 is 9.30. The van der Waals surface area contributed by atoms with Crippen LogP contribution in [0.3, 0.4) is 0 Å². The lowest BCUT2D eigenvalue weighted by Crippen LogP contribution is -2.37. The van der Waals surface area contributed by atoms with Gasteiger partial charge in [-0.15, -0.1) is 0 Å². The molecule has 0 saturated heterocycles. The van der Waals surface area contributed by atoms with Gasteiger partial charge in [0.15, 0.2) is 0 Å². The third kappa shape index (κ3) is 2.41. The summed E-state index contributed by atoms with van der Waals surface area (Å²) < 4.78 is 6.27. The first-order valence-electron chi connectivity index (χ1n) is 6.15. The van der Waals surface area contributed by atoms with E-state index in [4.69, 9.17) is 16.3 Å². The number of para-hydroxylation sites is 2. The Labute approximate surface area is 130 Å². The Hall–Kier alpha value is -1.52. The highest BCUT2D eigenvalue weighted by Gasteiger charge is 2.24. The van der Waals surface area contributed by atoms with Crippen molar-refractivity contribution in [1.29, 1.82) is 0 Å². The van der Waals surface area contributed by atoms with Gasteiger partial charge in [-0.25, -0.2) is 0 Å². The van der Waals surface area contributed by atoms with Crippen LogP contribution in [0.2, 0.25) is 5.02 Å². The summed E-state index contributed by atoms with van der Waals surface area (Å²) in [7, 11) is 0. The molecule has 20 heavy (non-hydrogen) atoms. The Morgan fingerprint density at radius 1 is 1.25 bits per heavy atom. The minimum Gasteiger partial charge on any atom is -0.490 e. The van der Waals surface area contributed by atoms with Crippen molar-refractivity contribution in [2.75, 3.05) is 18.1 Å². The number of anilines is 1. The first-order chi connectivity index (χ1) is 9.66. The van der Waals surface area contributed by atoms with Crippen molar-refractivity contribution in [2.45, 2.75) is 0 Å². The molecule has 1 heterocycles. The standard InChI is InChI=1S/C15H11BrClNO2/c16-11-9-10(5-6-12(11)17)15(19)18-7-8-20-14-4-2-1-3-13(14)18/h1-6,9H,7-8H2. The third-order valence-corrected chi connectivity index (χ3v) is 4.35. The molecule has 3 nitrogen and oxygen atoms in total. The molecule has 5 heteroatoms. The number of rotatable bonds is 1. The summed E-state index contributed by atoms with van der Waals surface area (Å²) in [5.41, 5.74) is 1.40. The van der Waals surface area contributed by atoms with E-state index >= 15 is 0 Å². The van der Waals surface area contributed by atoms with Crippen LogP contribution in [-0.2, 0) is 0 Å². The van der Waals surface area contributed by atoms with Crippen LogP contribution in [0.25, 0.3) is 0 Å². The number of hydrogen-bond donors (Lipinski definition) is 0. The van der Waals surface area contributed by atoms with Crippen LogP contribution < -0.4 is 9.64 Å². The van der Waals surface area contributed by atoms with Crippen molar-refractivity contribution in [3.63, 3.8) is 0 Å². The molecule has 0 saturated carbocycles. The van der Waals surface area contributed by atoms with Crippen molar-refractivity contribution < 1.29 is 9.53 Å². The Kier molecular flexibility index (Phi) is 3.68. The number of halogens is 2. The van der Waals surface area contributed by atoms with E-state index < -0.39 is 0 Å². The highest BCUT2D eigenvalue weighted by molar-refractivity contribution is 9.10. The molecule has 0 bridgehead atoms. The second-order valence-electron chi connectivity index (χ2n) is 4.40. The van der Waals surface area contributed by atoms with Crippen LogP contribution in [0.5, 0.6) is 5.75 Å². The minimum atomic E-state index is -0.0573. The van der Waals surface area contributed by atoms with Crippen molar-refractivity contribution in [2.24, 2.45) is 0 Å². The predicted octanol–water partition coefficient (Wildman–Crippen LogP) is 4.14. The molecule has 0 radical (unpaired) electrons. The SMILES string of the molecule is O=C(c1ccc(Cl)c(Br)c1)N1CCOc2ccccc21. The largest absolute Gasteiger partial charge is 0.490 e. The minimum absolute atomic E-state index is 0.0573. The maximum Gasteiger partial charge on any atom is 0.258 e. The second kappa shape index (κ2) is 5.46. The zero-order chi connectivity index (χ0) is 14.1. The first kappa shape index (κ1) is 13.5. The number of benzene rings is 2. The van der Waals surface area contributed by atoms with E-state index in [1.54, 1.807) is 23.1 Å². The van der Waals surface area contributed by atoms with Crippen LogP contribution in [0.1, 0.15) is 10.4 Å². The van der Waals surface area contributed by atoms with E-state index in [0.717, 1.165) is 11.4 Å². The molecular formula is C15H11BrClNO2. The zero-order valence-electron chi connectivity index (χ0n) is 10.5. The maximum absolute atomic E-state index is 12.6. The summed E-state index contributed by atoms with van der Waals surface area (Å²) in [5, 5.41) is 0.587. The number of ether oxygens (including phenoxy) is 1. The molecule has 0 unspecified atom stereocenters. The maximum atomic E-state index is 12.6. The predicted molar refractivity (Wildman–Crippen MR) is 82.8 cm³/mol. The van der Waals surface area contributed by atoms with Crippen LogP contribution in [0.4, 0.5) is 5.69 Å². The lowest BCUT2D eigenvalue weighted by molar-refractivity contribution is 0.0976. The summed E-state index contributed by atoms with van der Waals surface area (Å²) in [6.07, 6.45) is 0. The average Bonchev–Trinajstić information content (AvgIpc) is 2.49. The Balaban J connectivity index is 1.97. The number of hydrogen-bond acceptors (Lipinski definition) is 2. The van der Waals surface area contributed by atoms with E-state index in [1.165, 1.54) is 0 Å². The highest BCUT2D eigenvalue weighted by atomic mass is 79.9. The fourth-order valence-electron chi connectivity index (χ4n) is 2.17. The van der Waals surface area contributed by atoms with Gasteiger partial charge in [0.25, 0.3) is 5.91 Å². The summed E-state index contributed by atoms with van der Waals surface area (Å²) in [5.74, 6) is 0.679. The van der Waals surface area contributed by atoms with Crippen LogP contribution in [0, 0.1) is 0 Å². The van der Waals surface area contributed by atoms with Crippen molar-refractivity contribution in [1.82, 2.24) is 0 Å². The van der Waals surface area contributed by atoms with Crippen molar-refractivity contribution in [3.8, 4) is 5.75 Å². The highest BCUT2D eigenvalue weighted by Crippen LogP contribution is 2.32. The molecule has 0 aromatic heterocycles. The number of nitrogens with zero attached hydrogens (tertiary/aromatic N) is 1. The lowest BCUT2D eigenvalue weighted by atomic mass is 10.1. The van der Waals surface area contributed by atoms with Gasteiger partial charge >= 0.3 is 0 Å². The molecule has 102 valence electrons. The fourth-order valence-corrected chi connectivity index (χ4v) is 2.66. The number of amides is 1.